The molecule has 1 atom stereocenters. The minimum atomic E-state index is 0.398. The van der Waals surface area contributed by atoms with Crippen LogP contribution >= 0.6 is 0 Å². The number of rotatable bonds is 4. The van der Waals surface area contributed by atoms with Gasteiger partial charge in [-0.1, -0.05) is 43.2 Å². The lowest BCUT2D eigenvalue weighted by atomic mass is 9.99. The highest BCUT2D eigenvalue weighted by Crippen LogP contribution is 2.34. The number of hydrogen-bond acceptors (Lipinski definition) is 3. The summed E-state index contributed by atoms with van der Waals surface area (Å²) in [5.74, 6) is 2.23. The molecule has 0 amide bonds. The number of aryl methyl sites for hydroxylation is 2. The Kier molecular flexibility index (Phi) is 4.34. The van der Waals surface area contributed by atoms with E-state index < -0.39 is 0 Å². The molecule has 22 heavy (non-hydrogen) atoms. The van der Waals surface area contributed by atoms with Gasteiger partial charge in [-0.05, 0) is 38.8 Å². The SMILES string of the molecule is Cc1cc(C)cc(C2CCCN2Cc2ncc(C(C)C)o2)c1. The third kappa shape index (κ3) is 3.25. The Bertz CT molecular complexity index is 624. The van der Waals surface area contributed by atoms with Gasteiger partial charge >= 0.3 is 0 Å². The standard InChI is InChI=1S/C19H26N2O/c1-13(2)18-11-20-19(22-18)12-21-7-5-6-17(21)16-9-14(3)8-15(4)10-16/h8-11,13,17H,5-7,12H2,1-4H3. The van der Waals surface area contributed by atoms with E-state index in [1.165, 1.54) is 29.5 Å². The third-order valence-corrected chi connectivity index (χ3v) is 4.47. The normalized spacial score (nSPS) is 19.2. The van der Waals surface area contributed by atoms with Crippen LogP contribution in [-0.4, -0.2) is 16.4 Å². The first-order chi connectivity index (χ1) is 10.5. The first-order valence-corrected chi connectivity index (χ1v) is 8.30. The van der Waals surface area contributed by atoms with Gasteiger partial charge in [0.2, 0.25) is 5.89 Å². The molecule has 1 aliphatic rings. The van der Waals surface area contributed by atoms with Crippen LogP contribution in [0.4, 0.5) is 0 Å². The van der Waals surface area contributed by atoms with Gasteiger partial charge in [-0.3, -0.25) is 4.90 Å². The maximum absolute atomic E-state index is 5.89. The lowest BCUT2D eigenvalue weighted by Crippen LogP contribution is -2.23. The highest BCUT2D eigenvalue weighted by molar-refractivity contribution is 5.31. The van der Waals surface area contributed by atoms with Gasteiger partial charge in [-0.15, -0.1) is 0 Å². The van der Waals surface area contributed by atoms with Gasteiger partial charge in [0.1, 0.15) is 5.76 Å². The Morgan fingerprint density at radius 3 is 2.59 bits per heavy atom. The summed E-state index contributed by atoms with van der Waals surface area (Å²) in [6, 6.07) is 7.38. The maximum atomic E-state index is 5.89. The summed E-state index contributed by atoms with van der Waals surface area (Å²) in [7, 11) is 0. The van der Waals surface area contributed by atoms with E-state index >= 15 is 0 Å². The molecule has 1 unspecified atom stereocenters. The lowest BCUT2D eigenvalue weighted by Gasteiger charge is -2.24. The summed E-state index contributed by atoms with van der Waals surface area (Å²) in [4.78, 5) is 6.96. The maximum Gasteiger partial charge on any atom is 0.208 e. The molecule has 1 aliphatic heterocycles. The summed E-state index contributed by atoms with van der Waals surface area (Å²) in [6.07, 6.45) is 4.35. The zero-order valence-corrected chi connectivity index (χ0v) is 14.1. The van der Waals surface area contributed by atoms with Crippen molar-refractivity contribution in [3.05, 3.63) is 52.7 Å². The Morgan fingerprint density at radius 2 is 1.95 bits per heavy atom. The van der Waals surface area contributed by atoms with E-state index in [2.05, 4.69) is 55.8 Å². The highest BCUT2D eigenvalue weighted by atomic mass is 16.4. The molecule has 1 fully saturated rings. The largest absolute Gasteiger partial charge is 0.444 e. The predicted molar refractivity (Wildman–Crippen MR) is 88.9 cm³/mol. The van der Waals surface area contributed by atoms with E-state index in [1.54, 1.807) is 0 Å². The zero-order chi connectivity index (χ0) is 15.7. The van der Waals surface area contributed by atoms with E-state index in [1.807, 2.05) is 6.20 Å². The summed E-state index contributed by atoms with van der Waals surface area (Å²) in [5, 5.41) is 0. The predicted octanol–water partition coefficient (Wildman–Crippen LogP) is 4.75. The molecule has 0 radical (unpaired) electrons. The van der Waals surface area contributed by atoms with Crippen molar-refractivity contribution in [2.75, 3.05) is 6.54 Å². The molecule has 2 aromatic rings. The van der Waals surface area contributed by atoms with E-state index in [0.29, 0.717) is 12.0 Å². The molecule has 0 aliphatic carbocycles. The smallest absolute Gasteiger partial charge is 0.208 e. The number of hydrogen-bond donors (Lipinski definition) is 0. The molecule has 3 heteroatoms. The molecule has 0 spiro atoms. The van der Waals surface area contributed by atoms with Gasteiger partial charge in [0.15, 0.2) is 0 Å². The van der Waals surface area contributed by atoms with Crippen molar-refractivity contribution in [1.29, 1.82) is 0 Å². The Morgan fingerprint density at radius 1 is 1.23 bits per heavy atom. The van der Waals surface area contributed by atoms with E-state index in [-0.39, 0.29) is 0 Å². The molecule has 1 saturated heterocycles. The van der Waals surface area contributed by atoms with Crippen LogP contribution in [0.1, 0.15) is 67.0 Å². The van der Waals surface area contributed by atoms with Crippen molar-refractivity contribution in [3.8, 4) is 0 Å². The molecule has 0 N–H and O–H groups in total. The van der Waals surface area contributed by atoms with Gasteiger partial charge in [-0.2, -0.15) is 0 Å². The second-order valence-corrected chi connectivity index (χ2v) is 6.86. The van der Waals surface area contributed by atoms with Crippen LogP contribution in [0.3, 0.4) is 0 Å². The topological polar surface area (TPSA) is 29.3 Å². The van der Waals surface area contributed by atoms with Crippen LogP contribution in [0, 0.1) is 13.8 Å². The number of nitrogens with zero attached hydrogens (tertiary/aromatic N) is 2. The first kappa shape index (κ1) is 15.3. The van der Waals surface area contributed by atoms with Crippen LogP contribution in [-0.2, 0) is 6.54 Å². The second-order valence-electron chi connectivity index (χ2n) is 6.86. The van der Waals surface area contributed by atoms with Gasteiger partial charge in [-0.25, -0.2) is 4.98 Å². The van der Waals surface area contributed by atoms with E-state index in [9.17, 15) is 0 Å². The summed E-state index contributed by atoms with van der Waals surface area (Å²) in [6.45, 7) is 10.6. The second kappa shape index (κ2) is 6.25. The minimum Gasteiger partial charge on any atom is -0.444 e. The fourth-order valence-electron chi connectivity index (χ4n) is 3.43. The fourth-order valence-corrected chi connectivity index (χ4v) is 3.43. The molecule has 118 valence electrons. The van der Waals surface area contributed by atoms with Crippen LogP contribution < -0.4 is 0 Å². The number of oxazole rings is 1. The molecule has 0 bridgehead atoms. The van der Waals surface area contributed by atoms with Crippen molar-refractivity contribution >= 4 is 0 Å². The lowest BCUT2D eigenvalue weighted by molar-refractivity contribution is 0.220. The average Bonchev–Trinajstić information content (AvgIpc) is 3.07. The van der Waals surface area contributed by atoms with E-state index in [4.69, 9.17) is 4.42 Å². The first-order valence-electron chi connectivity index (χ1n) is 8.30. The van der Waals surface area contributed by atoms with Crippen molar-refractivity contribution in [1.82, 2.24) is 9.88 Å². The van der Waals surface area contributed by atoms with Crippen LogP contribution in [0.15, 0.2) is 28.8 Å². The van der Waals surface area contributed by atoms with Gasteiger partial charge in [0.25, 0.3) is 0 Å². The van der Waals surface area contributed by atoms with Gasteiger partial charge in [0.05, 0.1) is 12.7 Å². The molecule has 2 heterocycles. The van der Waals surface area contributed by atoms with E-state index in [0.717, 1.165) is 24.7 Å². The van der Waals surface area contributed by atoms with Crippen molar-refractivity contribution in [3.63, 3.8) is 0 Å². The van der Waals surface area contributed by atoms with Crippen LogP contribution in [0.2, 0.25) is 0 Å². The molecule has 3 rings (SSSR count). The van der Waals surface area contributed by atoms with Crippen LogP contribution in [0.5, 0.6) is 0 Å². The van der Waals surface area contributed by atoms with Crippen molar-refractivity contribution < 1.29 is 4.42 Å². The molecule has 1 aromatic carbocycles. The Hall–Kier alpha value is -1.61. The summed E-state index contributed by atoms with van der Waals surface area (Å²) >= 11 is 0. The Balaban J connectivity index is 1.77. The number of likely N-dealkylation sites (tertiary alicyclic amines) is 1. The monoisotopic (exact) mass is 298 g/mol. The number of aromatic nitrogens is 1. The quantitative estimate of drug-likeness (QED) is 0.815. The van der Waals surface area contributed by atoms with Gasteiger partial charge in [0, 0.05) is 12.0 Å². The number of benzene rings is 1. The molecule has 0 saturated carbocycles. The minimum absolute atomic E-state index is 0.398. The van der Waals surface area contributed by atoms with Crippen molar-refractivity contribution in [2.45, 2.75) is 59.0 Å². The van der Waals surface area contributed by atoms with Crippen molar-refractivity contribution in [2.24, 2.45) is 0 Å². The van der Waals surface area contributed by atoms with Crippen LogP contribution in [0.25, 0.3) is 0 Å². The summed E-state index contributed by atoms with van der Waals surface area (Å²) < 4.78 is 5.89. The molecule has 3 nitrogen and oxygen atoms in total. The highest BCUT2D eigenvalue weighted by Gasteiger charge is 2.27. The molecular formula is C19H26N2O. The average molecular weight is 298 g/mol. The van der Waals surface area contributed by atoms with Gasteiger partial charge < -0.3 is 4.42 Å². The molecule has 1 aromatic heterocycles. The summed E-state index contributed by atoms with van der Waals surface area (Å²) in [5.41, 5.74) is 4.13. The molecular weight excluding hydrogens is 272 g/mol. The Labute approximate surface area is 133 Å². The third-order valence-electron chi connectivity index (χ3n) is 4.47. The fraction of sp³-hybridized carbons (Fsp3) is 0.526. The zero-order valence-electron chi connectivity index (χ0n) is 14.1.